The Morgan fingerprint density at radius 3 is 2.86 bits per heavy atom. The van der Waals surface area contributed by atoms with Gasteiger partial charge in [0, 0.05) is 10.7 Å². The van der Waals surface area contributed by atoms with Crippen molar-refractivity contribution >= 4 is 15.9 Å². The van der Waals surface area contributed by atoms with Crippen LogP contribution in [0.25, 0.3) is 5.69 Å². The van der Waals surface area contributed by atoms with Crippen LogP contribution in [0.4, 0.5) is 0 Å². The summed E-state index contributed by atoms with van der Waals surface area (Å²) in [5, 5.41) is 12.7. The molecule has 0 aliphatic rings. The normalized spacial score (nSPS) is 9.71. The highest BCUT2D eigenvalue weighted by Crippen LogP contribution is 2.14. The summed E-state index contributed by atoms with van der Waals surface area (Å²) in [5.74, 6) is 0. The average Bonchev–Trinajstić information content (AvgIpc) is 2.66. The van der Waals surface area contributed by atoms with E-state index in [1.165, 1.54) is 0 Å². The molecule has 3 nitrogen and oxygen atoms in total. The molecule has 0 spiro atoms. The number of benzene rings is 1. The molecule has 2 rings (SSSR count). The first kappa shape index (κ1) is 8.97. The van der Waals surface area contributed by atoms with Gasteiger partial charge in [-0.25, -0.2) is 4.68 Å². The molecule has 0 aliphatic carbocycles. The molecular weight excluding hydrogens is 242 g/mol. The van der Waals surface area contributed by atoms with Gasteiger partial charge in [0.25, 0.3) is 0 Å². The maximum atomic E-state index is 8.62. The number of nitriles is 1. The molecule has 0 amide bonds. The van der Waals surface area contributed by atoms with E-state index in [1.54, 1.807) is 16.9 Å². The minimum absolute atomic E-state index is 0.421. The van der Waals surface area contributed by atoms with Gasteiger partial charge in [0.15, 0.2) is 5.69 Å². The lowest BCUT2D eigenvalue weighted by atomic mass is 10.3. The molecule has 0 radical (unpaired) electrons. The lowest BCUT2D eigenvalue weighted by molar-refractivity contribution is 0.872. The lowest BCUT2D eigenvalue weighted by Gasteiger charge is -2.00. The van der Waals surface area contributed by atoms with Crippen LogP contribution in [0.3, 0.4) is 0 Å². The highest BCUT2D eigenvalue weighted by molar-refractivity contribution is 9.10. The molecule has 14 heavy (non-hydrogen) atoms. The second-order valence-electron chi connectivity index (χ2n) is 2.74. The summed E-state index contributed by atoms with van der Waals surface area (Å²) >= 11 is 3.38. The van der Waals surface area contributed by atoms with E-state index >= 15 is 0 Å². The second kappa shape index (κ2) is 3.64. The van der Waals surface area contributed by atoms with Crippen molar-refractivity contribution in [2.24, 2.45) is 0 Å². The first-order valence-electron chi connectivity index (χ1n) is 4.01. The minimum atomic E-state index is 0.421. The Bertz CT molecular complexity index is 496. The Kier molecular flexibility index (Phi) is 2.33. The summed E-state index contributed by atoms with van der Waals surface area (Å²) in [6, 6.07) is 11.4. The molecule has 0 atom stereocenters. The zero-order valence-corrected chi connectivity index (χ0v) is 8.77. The topological polar surface area (TPSA) is 41.6 Å². The van der Waals surface area contributed by atoms with E-state index in [0.717, 1.165) is 10.2 Å². The van der Waals surface area contributed by atoms with Gasteiger partial charge in [-0.3, -0.25) is 0 Å². The number of hydrogen-bond acceptors (Lipinski definition) is 2. The molecule has 1 aromatic carbocycles. The zero-order chi connectivity index (χ0) is 9.97. The predicted molar refractivity (Wildman–Crippen MR) is 56.0 cm³/mol. The Hall–Kier alpha value is -1.60. The number of halogens is 1. The fraction of sp³-hybridized carbons (Fsp3) is 0. The summed E-state index contributed by atoms with van der Waals surface area (Å²) in [6.45, 7) is 0. The standard InChI is InChI=1S/C10H6BrN3/c11-8-2-1-3-10(6-8)14-5-4-9(7-12)13-14/h1-6H. The van der Waals surface area contributed by atoms with Crippen molar-refractivity contribution in [1.29, 1.82) is 5.26 Å². The van der Waals surface area contributed by atoms with Crippen molar-refractivity contribution in [3.8, 4) is 11.8 Å². The average molecular weight is 248 g/mol. The molecule has 0 bridgehead atoms. The maximum Gasteiger partial charge on any atom is 0.162 e. The van der Waals surface area contributed by atoms with E-state index < -0.39 is 0 Å². The third kappa shape index (κ3) is 1.68. The van der Waals surface area contributed by atoms with Gasteiger partial charge in [-0.05, 0) is 24.3 Å². The van der Waals surface area contributed by atoms with E-state index in [4.69, 9.17) is 5.26 Å². The number of hydrogen-bond donors (Lipinski definition) is 0. The molecule has 68 valence electrons. The van der Waals surface area contributed by atoms with E-state index in [0.29, 0.717) is 5.69 Å². The van der Waals surface area contributed by atoms with Crippen molar-refractivity contribution in [3.05, 3.63) is 46.7 Å². The molecule has 0 N–H and O–H groups in total. The van der Waals surface area contributed by atoms with E-state index in [2.05, 4.69) is 21.0 Å². The van der Waals surface area contributed by atoms with Crippen molar-refractivity contribution in [2.75, 3.05) is 0 Å². The van der Waals surface area contributed by atoms with Crippen LogP contribution >= 0.6 is 15.9 Å². The van der Waals surface area contributed by atoms with Crippen LogP contribution in [0, 0.1) is 11.3 Å². The Morgan fingerprint density at radius 1 is 1.36 bits per heavy atom. The largest absolute Gasteiger partial charge is 0.240 e. The zero-order valence-electron chi connectivity index (χ0n) is 7.18. The molecule has 4 heteroatoms. The van der Waals surface area contributed by atoms with Gasteiger partial charge in [-0.2, -0.15) is 10.4 Å². The summed E-state index contributed by atoms with van der Waals surface area (Å²) in [7, 11) is 0. The van der Waals surface area contributed by atoms with Crippen LogP contribution in [0.5, 0.6) is 0 Å². The van der Waals surface area contributed by atoms with Crippen LogP contribution < -0.4 is 0 Å². The lowest BCUT2D eigenvalue weighted by Crippen LogP contribution is -1.94. The van der Waals surface area contributed by atoms with Crippen LogP contribution in [-0.4, -0.2) is 9.78 Å². The number of rotatable bonds is 1. The van der Waals surface area contributed by atoms with Crippen molar-refractivity contribution in [3.63, 3.8) is 0 Å². The third-order valence-corrected chi connectivity index (χ3v) is 2.27. The van der Waals surface area contributed by atoms with E-state index in [9.17, 15) is 0 Å². The maximum absolute atomic E-state index is 8.62. The molecule has 0 saturated heterocycles. The smallest absolute Gasteiger partial charge is 0.162 e. The van der Waals surface area contributed by atoms with Crippen molar-refractivity contribution < 1.29 is 0 Å². The second-order valence-corrected chi connectivity index (χ2v) is 3.65. The van der Waals surface area contributed by atoms with Gasteiger partial charge in [-0.15, -0.1) is 0 Å². The molecule has 2 aromatic rings. The van der Waals surface area contributed by atoms with Crippen LogP contribution in [0.1, 0.15) is 5.69 Å². The molecule has 0 unspecified atom stereocenters. The fourth-order valence-electron chi connectivity index (χ4n) is 1.15. The number of nitrogens with zero attached hydrogens (tertiary/aromatic N) is 3. The molecule has 0 aliphatic heterocycles. The van der Waals surface area contributed by atoms with E-state index in [1.807, 2.05) is 30.3 Å². The predicted octanol–water partition coefficient (Wildman–Crippen LogP) is 2.51. The first-order chi connectivity index (χ1) is 6.79. The molecular formula is C10H6BrN3. The number of aromatic nitrogens is 2. The first-order valence-corrected chi connectivity index (χ1v) is 4.80. The molecule has 0 saturated carbocycles. The molecule has 1 heterocycles. The highest BCUT2D eigenvalue weighted by Gasteiger charge is 1.99. The van der Waals surface area contributed by atoms with Gasteiger partial charge in [0.2, 0.25) is 0 Å². The van der Waals surface area contributed by atoms with E-state index in [-0.39, 0.29) is 0 Å². The van der Waals surface area contributed by atoms with Gasteiger partial charge >= 0.3 is 0 Å². The quantitative estimate of drug-likeness (QED) is 0.777. The van der Waals surface area contributed by atoms with Crippen molar-refractivity contribution in [2.45, 2.75) is 0 Å². The summed E-state index contributed by atoms with van der Waals surface area (Å²) in [4.78, 5) is 0. The fourth-order valence-corrected chi connectivity index (χ4v) is 1.53. The summed E-state index contributed by atoms with van der Waals surface area (Å²) in [5.41, 5.74) is 1.35. The Balaban J connectivity index is 2.45. The Labute approximate surface area is 89.7 Å². The van der Waals surface area contributed by atoms with Crippen LogP contribution in [-0.2, 0) is 0 Å². The molecule has 0 fully saturated rings. The third-order valence-electron chi connectivity index (χ3n) is 1.78. The van der Waals surface area contributed by atoms with Gasteiger partial charge < -0.3 is 0 Å². The van der Waals surface area contributed by atoms with Crippen LogP contribution in [0.15, 0.2) is 41.0 Å². The minimum Gasteiger partial charge on any atom is -0.240 e. The van der Waals surface area contributed by atoms with Gasteiger partial charge in [0.1, 0.15) is 6.07 Å². The SMILES string of the molecule is N#Cc1ccn(-c2cccc(Br)c2)n1. The summed E-state index contributed by atoms with van der Waals surface area (Å²) < 4.78 is 2.66. The highest BCUT2D eigenvalue weighted by atomic mass is 79.9. The van der Waals surface area contributed by atoms with Gasteiger partial charge in [0.05, 0.1) is 5.69 Å². The Morgan fingerprint density at radius 2 is 2.21 bits per heavy atom. The monoisotopic (exact) mass is 247 g/mol. The van der Waals surface area contributed by atoms with Crippen molar-refractivity contribution in [1.82, 2.24) is 9.78 Å². The summed E-state index contributed by atoms with van der Waals surface area (Å²) in [6.07, 6.45) is 1.76. The molecule has 1 aromatic heterocycles. The van der Waals surface area contributed by atoms with Gasteiger partial charge in [-0.1, -0.05) is 22.0 Å². The van der Waals surface area contributed by atoms with Crippen LogP contribution in [0.2, 0.25) is 0 Å².